The summed E-state index contributed by atoms with van der Waals surface area (Å²) in [5, 5.41) is 5.52. The molecule has 1 unspecified atom stereocenters. The van der Waals surface area contributed by atoms with E-state index in [9.17, 15) is 9.59 Å². The van der Waals surface area contributed by atoms with Gasteiger partial charge in [0.15, 0.2) is 0 Å². The van der Waals surface area contributed by atoms with E-state index >= 15 is 0 Å². The molecule has 1 aliphatic heterocycles. The molecule has 1 aromatic carbocycles. The Labute approximate surface area is 104 Å². The molecule has 0 radical (unpaired) electrons. The third kappa shape index (κ3) is 3.49. The second-order valence-electron chi connectivity index (χ2n) is 3.80. The summed E-state index contributed by atoms with van der Waals surface area (Å²) in [6.07, 6.45) is 0.486. The van der Waals surface area contributed by atoms with Crippen LogP contribution in [0.2, 0.25) is 0 Å². The average Bonchev–Trinajstić information content (AvgIpc) is 2.55. The van der Waals surface area contributed by atoms with Gasteiger partial charge >= 0.3 is 0 Å². The van der Waals surface area contributed by atoms with Crippen molar-refractivity contribution < 1.29 is 9.59 Å². The predicted octanol–water partition coefficient (Wildman–Crippen LogP) is 1.25. The lowest BCUT2D eigenvalue weighted by Gasteiger charge is -2.15. The number of amides is 2. The number of anilines is 1. The Bertz CT molecular complexity index is 408. The van der Waals surface area contributed by atoms with Crippen LogP contribution in [0.1, 0.15) is 6.42 Å². The molecule has 1 heterocycles. The fraction of sp³-hybridized carbons (Fsp3) is 0.333. The largest absolute Gasteiger partial charge is 0.343 e. The van der Waals surface area contributed by atoms with Crippen molar-refractivity contribution in [3.05, 3.63) is 30.3 Å². The maximum atomic E-state index is 11.9. The van der Waals surface area contributed by atoms with Gasteiger partial charge in [-0.1, -0.05) is 18.2 Å². The molecule has 17 heavy (non-hydrogen) atoms. The Morgan fingerprint density at radius 2 is 2.12 bits per heavy atom. The van der Waals surface area contributed by atoms with Crippen molar-refractivity contribution in [2.75, 3.05) is 16.8 Å². The summed E-state index contributed by atoms with van der Waals surface area (Å²) < 4.78 is 0. The van der Waals surface area contributed by atoms with Crippen LogP contribution in [-0.2, 0) is 9.59 Å². The fourth-order valence-corrected chi connectivity index (χ4v) is 2.53. The van der Waals surface area contributed by atoms with Crippen LogP contribution in [0.5, 0.6) is 0 Å². The Balaban J connectivity index is 1.97. The molecule has 90 valence electrons. The molecule has 0 saturated carbocycles. The first-order valence-electron chi connectivity index (χ1n) is 5.49. The van der Waals surface area contributed by atoms with Crippen LogP contribution in [-0.4, -0.2) is 29.4 Å². The van der Waals surface area contributed by atoms with Gasteiger partial charge in [-0.05, 0) is 12.1 Å². The summed E-state index contributed by atoms with van der Waals surface area (Å²) in [5.74, 6) is 1.20. The van der Waals surface area contributed by atoms with Gasteiger partial charge in [0, 0.05) is 23.6 Å². The first-order chi connectivity index (χ1) is 8.25. The van der Waals surface area contributed by atoms with E-state index in [0.29, 0.717) is 12.2 Å². The highest BCUT2D eigenvalue weighted by Gasteiger charge is 2.23. The van der Waals surface area contributed by atoms with Crippen LogP contribution >= 0.6 is 11.8 Å². The third-order valence-corrected chi connectivity index (χ3v) is 3.51. The summed E-state index contributed by atoms with van der Waals surface area (Å²) in [4.78, 5) is 23.3. The fourth-order valence-electron chi connectivity index (χ4n) is 1.57. The second-order valence-corrected chi connectivity index (χ2v) is 4.95. The molecule has 0 aliphatic carbocycles. The van der Waals surface area contributed by atoms with E-state index in [4.69, 9.17) is 0 Å². The molecular formula is C12H14N2O2S. The first-order valence-corrected chi connectivity index (χ1v) is 6.64. The van der Waals surface area contributed by atoms with Gasteiger partial charge < -0.3 is 10.6 Å². The molecule has 0 spiro atoms. The van der Waals surface area contributed by atoms with Crippen molar-refractivity contribution in [3.8, 4) is 0 Å². The summed E-state index contributed by atoms with van der Waals surface area (Å²) >= 11 is 1.62. The number of carbonyl (C=O) groups is 2. The summed E-state index contributed by atoms with van der Waals surface area (Å²) in [5.41, 5.74) is 0.751. The number of hydrogen-bond acceptors (Lipinski definition) is 3. The van der Waals surface area contributed by atoms with E-state index in [1.54, 1.807) is 11.8 Å². The molecule has 2 N–H and O–H groups in total. The highest BCUT2D eigenvalue weighted by Crippen LogP contribution is 2.12. The Morgan fingerprint density at radius 1 is 1.35 bits per heavy atom. The zero-order valence-electron chi connectivity index (χ0n) is 9.31. The lowest BCUT2D eigenvalue weighted by Crippen LogP contribution is -2.44. The molecule has 0 bridgehead atoms. The zero-order valence-corrected chi connectivity index (χ0v) is 10.1. The highest BCUT2D eigenvalue weighted by molar-refractivity contribution is 7.99. The van der Waals surface area contributed by atoms with Crippen molar-refractivity contribution in [3.63, 3.8) is 0 Å². The quantitative estimate of drug-likeness (QED) is 0.830. The second kappa shape index (κ2) is 5.72. The maximum absolute atomic E-state index is 11.9. The van der Waals surface area contributed by atoms with Crippen LogP contribution in [0.3, 0.4) is 0 Å². The van der Waals surface area contributed by atoms with Gasteiger partial charge in [-0.15, -0.1) is 0 Å². The molecule has 1 saturated heterocycles. The van der Waals surface area contributed by atoms with Gasteiger partial charge in [0.2, 0.25) is 11.8 Å². The minimum absolute atomic E-state index is 0.0526. The molecule has 2 amide bonds. The molecular weight excluding hydrogens is 236 g/mol. The number of carbonyl (C=O) groups excluding carboxylic acids is 2. The van der Waals surface area contributed by atoms with Crippen LogP contribution in [0, 0.1) is 0 Å². The van der Waals surface area contributed by atoms with Crippen molar-refractivity contribution in [2.24, 2.45) is 0 Å². The highest BCUT2D eigenvalue weighted by atomic mass is 32.2. The zero-order chi connectivity index (χ0) is 12.1. The lowest BCUT2D eigenvalue weighted by atomic mass is 10.2. The first kappa shape index (κ1) is 12.0. The number of benzene rings is 1. The van der Waals surface area contributed by atoms with Crippen LogP contribution < -0.4 is 10.6 Å². The topological polar surface area (TPSA) is 58.2 Å². The standard InChI is InChI=1S/C12H14N2O2S/c15-11-6-7-17-8-10(14-11)12(16)13-9-4-2-1-3-5-9/h1-5,10H,6-8H2,(H,13,16)(H,14,15). The van der Waals surface area contributed by atoms with Gasteiger partial charge in [-0.2, -0.15) is 11.8 Å². The Hall–Kier alpha value is -1.49. The van der Waals surface area contributed by atoms with E-state index < -0.39 is 6.04 Å². The summed E-state index contributed by atoms with van der Waals surface area (Å²) in [6, 6.07) is 8.81. The number of thioether (sulfide) groups is 1. The van der Waals surface area contributed by atoms with Crippen molar-refractivity contribution >= 4 is 29.3 Å². The lowest BCUT2D eigenvalue weighted by molar-refractivity contribution is -0.125. The van der Waals surface area contributed by atoms with Gasteiger partial charge in [-0.25, -0.2) is 0 Å². The molecule has 1 atom stereocenters. The minimum Gasteiger partial charge on any atom is -0.343 e. The number of nitrogens with one attached hydrogen (secondary N) is 2. The summed E-state index contributed by atoms with van der Waals surface area (Å²) in [7, 11) is 0. The van der Waals surface area contributed by atoms with Gasteiger partial charge in [-0.3, -0.25) is 9.59 Å². The van der Waals surface area contributed by atoms with E-state index in [1.807, 2.05) is 30.3 Å². The Morgan fingerprint density at radius 3 is 2.88 bits per heavy atom. The van der Waals surface area contributed by atoms with Crippen molar-refractivity contribution in [1.29, 1.82) is 0 Å². The SMILES string of the molecule is O=C1CCSCC(C(=O)Nc2ccccc2)N1. The van der Waals surface area contributed by atoms with Crippen LogP contribution in [0.4, 0.5) is 5.69 Å². The molecule has 1 aromatic rings. The van der Waals surface area contributed by atoms with E-state index in [-0.39, 0.29) is 11.8 Å². The predicted molar refractivity (Wildman–Crippen MR) is 68.9 cm³/mol. The van der Waals surface area contributed by atoms with Gasteiger partial charge in [0.25, 0.3) is 0 Å². The molecule has 2 rings (SSSR count). The monoisotopic (exact) mass is 250 g/mol. The molecule has 4 nitrogen and oxygen atoms in total. The minimum atomic E-state index is -0.435. The van der Waals surface area contributed by atoms with Crippen LogP contribution in [0.25, 0.3) is 0 Å². The van der Waals surface area contributed by atoms with Crippen molar-refractivity contribution in [2.45, 2.75) is 12.5 Å². The van der Waals surface area contributed by atoms with Crippen LogP contribution in [0.15, 0.2) is 30.3 Å². The number of hydrogen-bond donors (Lipinski definition) is 2. The maximum Gasteiger partial charge on any atom is 0.247 e. The number of para-hydroxylation sites is 1. The molecule has 0 aromatic heterocycles. The smallest absolute Gasteiger partial charge is 0.247 e. The van der Waals surface area contributed by atoms with Crippen molar-refractivity contribution in [1.82, 2.24) is 5.32 Å². The normalized spacial score (nSPS) is 20.2. The molecule has 1 aliphatic rings. The Kier molecular flexibility index (Phi) is 4.03. The van der Waals surface area contributed by atoms with Gasteiger partial charge in [0.05, 0.1) is 0 Å². The van der Waals surface area contributed by atoms with E-state index in [2.05, 4.69) is 10.6 Å². The average molecular weight is 250 g/mol. The number of rotatable bonds is 2. The van der Waals surface area contributed by atoms with E-state index in [0.717, 1.165) is 11.4 Å². The van der Waals surface area contributed by atoms with E-state index in [1.165, 1.54) is 0 Å². The molecule has 5 heteroatoms. The van der Waals surface area contributed by atoms with Gasteiger partial charge in [0.1, 0.15) is 6.04 Å². The third-order valence-electron chi connectivity index (χ3n) is 2.45. The molecule has 1 fully saturated rings. The summed E-state index contributed by atoms with van der Waals surface area (Å²) in [6.45, 7) is 0.